The van der Waals surface area contributed by atoms with Gasteiger partial charge in [-0.3, -0.25) is 11.3 Å². The molecule has 0 fully saturated rings. The summed E-state index contributed by atoms with van der Waals surface area (Å²) in [6.45, 7) is 14.4. The Bertz CT molecular complexity index is 374. The van der Waals surface area contributed by atoms with Gasteiger partial charge < -0.3 is 4.90 Å². The van der Waals surface area contributed by atoms with Crippen molar-refractivity contribution in [3.8, 4) is 0 Å². The molecule has 0 aliphatic heterocycles. The first-order valence-electron chi connectivity index (χ1n) is 7.71. The van der Waals surface area contributed by atoms with Crippen LogP contribution in [0.5, 0.6) is 0 Å². The second-order valence-electron chi connectivity index (χ2n) is 6.41. The Balaban J connectivity index is 2.70. The number of rotatable bonds is 7. The normalized spacial score (nSPS) is 13.8. The van der Waals surface area contributed by atoms with Crippen molar-refractivity contribution < 1.29 is 0 Å². The summed E-state index contributed by atoms with van der Waals surface area (Å²) < 4.78 is 0. The Morgan fingerprint density at radius 2 is 1.65 bits per heavy atom. The number of nitrogens with two attached hydrogens (primary N) is 1. The third kappa shape index (κ3) is 4.89. The zero-order chi connectivity index (χ0) is 15.2. The SMILES string of the molecule is CCN(CC)CCC(NN)c1ccc(C(C)(C)C)cc1. The molecule has 0 aliphatic carbocycles. The Morgan fingerprint density at radius 3 is 2.05 bits per heavy atom. The van der Waals surface area contributed by atoms with Gasteiger partial charge in [-0.25, -0.2) is 0 Å². The van der Waals surface area contributed by atoms with Crippen molar-refractivity contribution in [2.75, 3.05) is 19.6 Å². The highest BCUT2D eigenvalue weighted by molar-refractivity contribution is 5.29. The summed E-state index contributed by atoms with van der Waals surface area (Å²) in [5.74, 6) is 5.73. The molecule has 3 nitrogen and oxygen atoms in total. The second-order valence-corrected chi connectivity index (χ2v) is 6.41. The lowest BCUT2D eigenvalue weighted by Crippen LogP contribution is -2.32. The Labute approximate surface area is 124 Å². The van der Waals surface area contributed by atoms with Crippen LogP contribution in [0.4, 0.5) is 0 Å². The predicted octanol–water partition coefficient (Wildman–Crippen LogP) is 3.22. The van der Waals surface area contributed by atoms with E-state index in [0.717, 1.165) is 26.1 Å². The van der Waals surface area contributed by atoms with Crippen LogP contribution in [0.2, 0.25) is 0 Å². The summed E-state index contributed by atoms with van der Waals surface area (Å²) in [5.41, 5.74) is 5.79. The molecule has 0 bridgehead atoms. The van der Waals surface area contributed by atoms with E-state index in [1.807, 2.05) is 0 Å². The van der Waals surface area contributed by atoms with Gasteiger partial charge in [0.05, 0.1) is 0 Å². The van der Waals surface area contributed by atoms with Crippen molar-refractivity contribution in [2.24, 2.45) is 5.84 Å². The Hall–Kier alpha value is -0.900. The Kier molecular flexibility index (Phi) is 6.66. The quantitative estimate of drug-likeness (QED) is 0.594. The van der Waals surface area contributed by atoms with Crippen molar-refractivity contribution in [3.63, 3.8) is 0 Å². The summed E-state index contributed by atoms with van der Waals surface area (Å²) in [7, 11) is 0. The van der Waals surface area contributed by atoms with Crippen molar-refractivity contribution in [1.82, 2.24) is 10.3 Å². The molecule has 0 aromatic heterocycles. The highest BCUT2D eigenvalue weighted by Gasteiger charge is 2.15. The summed E-state index contributed by atoms with van der Waals surface area (Å²) in [6, 6.07) is 9.07. The maximum Gasteiger partial charge on any atom is 0.0472 e. The number of nitrogens with zero attached hydrogens (tertiary/aromatic N) is 1. The molecular formula is C17H31N3. The van der Waals surface area contributed by atoms with Crippen LogP contribution in [-0.4, -0.2) is 24.5 Å². The minimum atomic E-state index is 0.200. The van der Waals surface area contributed by atoms with Crippen LogP contribution in [0.3, 0.4) is 0 Å². The highest BCUT2D eigenvalue weighted by atomic mass is 15.2. The van der Waals surface area contributed by atoms with Gasteiger partial charge in [0.15, 0.2) is 0 Å². The van der Waals surface area contributed by atoms with Crippen LogP contribution in [0.1, 0.15) is 58.2 Å². The molecule has 0 spiro atoms. The van der Waals surface area contributed by atoms with E-state index >= 15 is 0 Å². The summed E-state index contributed by atoms with van der Waals surface area (Å²) >= 11 is 0. The molecule has 1 aromatic rings. The molecule has 3 N–H and O–H groups in total. The molecule has 0 amide bonds. The summed E-state index contributed by atoms with van der Waals surface area (Å²) in [5, 5.41) is 0. The van der Waals surface area contributed by atoms with Gasteiger partial charge in [0.2, 0.25) is 0 Å². The molecule has 0 saturated heterocycles. The first-order valence-corrected chi connectivity index (χ1v) is 7.71. The second kappa shape index (κ2) is 7.77. The predicted molar refractivity (Wildman–Crippen MR) is 87.6 cm³/mol. The van der Waals surface area contributed by atoms with E-state index in [2.05, 4.69) is 69.2 Å². The zero-order valence-electron chi connectivity index (χ0n) is 13.7. The molecule has 20 heavy (non-hydrogen) atoms. The van der Waals surface area contributed by atoms with Crippen LogP contribution in [-0.2, 0) is 5.41 Å². The standard InChI is InChI=1S/C17H31N3/c1-6-20(7-2)13-12-16(19-18)14-8-10-15(11-9-14)17(3,4)5/h8-11,16,19H,6-7,12-13,18H2,1-5H3. The zero-order valence-corrected chi connectivity index (χ0v) is 13.7. The molecule has 0 radical (unpaired) electrons. The number of hydrogen-bond acceptors (Lipinski definition) is 3. The van der Waals surface area contributed by atoms with Crippen molar-refractivity contribution >= 4 is 0 Å². The van der Waals surface area contributed by atoms with E-state index in [0.29, 0.717) is 0 Å². The van der Waals surface area contributed by atoms with Gasteiger partial charge in [0, 0.05) is 6.04 Å². The van der Waals surface area contributed by atoms with E-state index in [1.165, 1.54) is 11.1 Å². The van der Waals surface area contributed by atoms with Crippen LogP contribution < -0.4 is 11.3 Å². The average Bonchev–Trinajstić information content (AvgIpc) is 2.43. The maximum atomic E-state index is 5.73. The topological polar surface area (TPSA) is 41.3 Å². The fraction of sp³-hybridized carbons (Fsp3) is 0.647. The first kappa shape index (κ1) is 17.2. The smallest absolute Gasteiger partial charge is 0.0472 e. The molecule has 3 heteroatoms. The van der Waals surface area contributed by atoms with E-state index in [-0.39, 0.29) is 11.5 Å². The molecule has 114 valence electrons. The van der Waals surface area contributed by atoms with Crippen molar-refractivity contribution in [3.05, 3.63) is 35.4 Å². The van der Waals surface area contributed by atoms with Crippen molar-refractivity contribution in [1.29, 1.82) is 0 Å². The molecule has 1 unspecified atom stereocenters. The minimum absolute atomic E-state index is 0.200. The van der Waals surface area contributed by atoms with Crippen LogP contribution in [0.15, 0.2) is 24.3 Å². The van der Waals surface area contributed by atoms with Gasteiger partial charge in [-0.15, -0.1) is 0 Å². The average molecular weight is 277 g/mol. The van der Waals surface area contributed by atoms with Crippen LogP contribution >= 0.6 is 0 Å². The monoisotopic (exact) mass is 277 g/mol. The van der Waals surface area contributed by atoms with Gasteiger partial charge in [0.25, 0.3) is 0 Å². The van der Waals surface area contributed by atoms with Crippen molar-refractivity contribution in [2.45, 2.75) is 52.5 Å². The number of hydrazine groups is 1. The lowest BCUT2D eigenvalue weighted by molar-refractivity contribution is 0.282. The maximum absolute atomic E-state index is 5.73. The number of hydrogen-bond donors (Lipinski definition) is 2. The van der Waals surface area contributed by atoms with E-state index < -0.39 is 0 Å². The lowest BCUT2D eigenvalue weighted by atomic mass is 9.86. The molecule has 0 heterocycles. The minimum Gasteiger partial charge on any atom is -0.304 e. The fourth-order valence-corrected chi connectivity index (χ4v) is 2.41. The number of nitrogens with one attached hydrogen (secondary N) is 1. The van der Waals surface area contributed by atoms with Gasteiger partial charge in [-0.1, -0.05) is 58.9 Å². The third-order valence-electron chi connectivity index (χ3n) is 4.01. The molecule has 0 aliphatic rings. The molecular weight excluding hydrogens is 246 g/mol. The highest BCUT2D eigenvalue weighted by Crippen LogP contribution is 2.24. The Morgan fingerprint density at radius 1 is 1.10 bits per heavy atom. The first-order chi connectivity index (χ1) is 9.42. The van der Waals surface area contributed by atoms with E-state index in [1.54, 1.807) is 0 Å². The summed E-state index contributed by atoms with van der Waals surface area (Å²) in [6.07, 6.45) is 1.03. The largest absolute Gasteiger partial charge is 0.304 e. The van der Waals surface area contributed by atoms with Gasteiger partial charge in [-0.05, 0) is 42.6 Å². The van der Waals surface area contributed by atoms with Crippen LogP contribution in [0.25, 0.3) is 0 Å². The lowest BCUT2D eigenvalue weighted by Gasteiger charge is -2.24. The fourth-order valence-electron chi connectivity index (χ4n) is 2.41. The van der Waals surface area contributed by atoms with Gasteiger partial charge in [0.1, 0.15) is 0 Å². The molecule has 1 rings (SSSR count). The summed E-state index contributed by atoms with van der Waals surface area (Å²) in [4.78, 5) is 2.42. The third-order valence-corrected chi connectivity index (χ3v) is 4.01. The number of benzene rings is 1. The van der Waals surface area contributed by atoms with Gasteiger partial charge in [-0.2, -0.15) is 0 Å². The van der Waals surface area contributed by atoms with E-state index in [4.69, 9.17) is 5.84 Å². The molecule has 0 saturated carbocycles. The van der Waals surface area contributed by atoms with E-state index in [9.17, 15) is 0 Å². The molecule has 1 aromatic carbocycles. The molecule has 1 atom stereocenters. The van der Waals surface area contributed by atoms with Gasteiger partial charge >= 0.3 is 0 Å². The van der Waals surface area contributed by atoms with Crippen LogP contribution in [0, 0.1) is 0 Å².